The van der Waals surface area contributed by atoms with Gasteiger partial charge in [0.05, 0.1) is 5.75 Å². The van der Waals surface area contributed by atoms with E-state index in [0.717, 1.165) is 22.5 Å². The molecule has 0 bridgehead atoms. The van der Waals surface area contributed by atoms with Gasteiger partial charge in [0.15, 0.2) is 6.29 Å². The molecule has 5 heteroatoms. The highest BCUT2D eigenvalue weighted by Crippen LogP contribution is 2.33. The summed E-state index contributed by atoms with van der Waals surface area (Å²) in [5.41, 5.74) is 2.16. The number of allylic oxidation sites excluding steroid dienone is 1. The van der Waals surface area contributed by atoms with Gasteiger partial charge in [-0.1, -0.05) is 0 Å². The van der Waals surface area contributed by atoms with Crippen molar-refractivity contribution >= 4 is 28.9 Å². The maximum absolute atomic E-state index is 11.2. The van der Waals surface area contributed by atoms with Crippen molar-refractivity contribution in [3.05, 3.63) is 35.3 Å². The summed E-state index contributed by atoms with van der Waals surface area (Å²) in [4.78, 5) is 26.9. The molecule has 0 fully saturated rings. The summed E-state index contributed by atoms with van der Waals surface area (Å²) in [6, 6.07) is 1.78. The molecule has 0 saturated carbocycles. The lowest BCUT2D eigenvalue weighted by Gasteiger charge is -2.18. The zero-order valence-corrected chi connectivity index (χ0v) is 9.50. The molecule has 16 heavy (non-hydrogen) atoms. The summed E-state index contributed by atoms with van der Waals surface area (Å²) in [5, 5.41) is 2.76. The number of aldehydes is 1. The van der Waals surface area contributed by atoms with Crippen LogP contribution in [0.1, 0.15) is 22.8 Å². The smallest absolute Gasteiger partial charge is 0.234 e. The summed E-state index contributed by atoms with van der Waals surface area (Å²) in [6.07, 6.45) is 3.94. The molecule has 1 aliphatic rings. The van der Waals surface area contributed by atoms with Gasteiger partial charge in [-0.2, -0.15) is 0 Å². The molecule has 0 saturated heterocycles. The van der Waals surface area contributed by atoms with Gasteiger partial charge in [-0.05, 0) is 13.0 Å². The molecule has 0 radical (unpaired) electrons. The van der Waals surface area contributed by atoms with Crippen LogP contribution in [0.4, 0.5) is 0 Å². The Morgan fingerprint density at radius 1 is 1.56 bits per heavy atom. The first-order valence-corrected chi connectivity index (χ1v) is 5.74. The monoisotopic (exact) mass is 234 g/mol. The molecule has 0 atom stereocenters. The Bertz CT molecular complexity index is 483. The molecule has 2 heterocycles. The van der Waals surface area contributed by atoms with Crippen LogP contribution in [0.3, 0.4) is 0 Å². The Balaban J connectivity index is 2.48. The van der Waals surface area contributed by atoms with Crippen LogP contribution < -0.4 is 5.32 Å². The number of carbonyl (C=O) groups is 2. The van der Waals surface area contributed by atoms with Crippen LogP contribution in [-0.2, 0) is 4.79 Å². The van der Waals surface area contributed by atoms with Gasteiger partial charge >= 0.3 is 0 Å². The first-order valence-electron chi connectivity index (χ1n) is 4.75. The molecule has 2 rings (SSSR count). The second kappa shape index (κ2) is 4.49. The lowest BCUT2D eigenvalue weighted by atomic mass is 10.1. The molecule has 1 aromatic heterocycles. The molecule has 0 spiro atoms. The molecule has 1 N–H and O–H groups in total. The van der Waals surface area contributed by atoms with E-state index in [0.29, 0.717) is 11.3 Å². The van der Waals surface area contributed by atoms with E-state index in [-0.39, 0.29) is 5.91 Å². The highest BCUT2D eigenvalue weighted by atomic mass is 32.2. The van der Waals surface area contributed by atoms with Gasteiger partial charge < -0.3 is 5.32 Å². The van der Waals surface area contributed by atoms with Crippen molar-refractivity contribution < 1.29 is 9.59 Å². The van der Waals surface area contributed by atoms with Crippen LogP contribution in [0.25, 0.3) is 4.91 Å². The zero-order valence-electron chi connectivity index (χ0n) is 8.69. The third kappa shape index (κ3) is 1.99. The van der Waals surface area contributed by atoms with E-state index in [1.54, 1.807) is 12.3 Å². The fraction of sp³-hybridized carbons (Fsp3) is 0.182. The number of carbonyl (C=O) groups excluding carboxylic acids is 2. The number of thioether (sulfide) groups is 1. The summed E-state index contributed by atoms with van der Waals surface area (Å²) in [5.74, 6) is 0.376. The fourth-order valence-electron chi connectivity index (χ4n) is 1.54. The van der Waals surface area contributed by atoms with Gasteiger partial charge in [0.25, 0.3) is 0 Å². The molecular formula is C11H10N2O2S. The Morgan fingerprint density at radius 3 is 3.06 bits per heavy atom. The second-order valence-corrected chi connectivity index (χ2v) is 4.36. The second-order valence-electron chi connectivity index (χ2n) is 3.37. The van der Waals surface area contributed by atoms with Gasteiger partial charge in [-0.3, -0.25) is 14.6 Å². The first-order chi connectivity index (χ1) is 7.72. The Hall–Kier alpha value is -1.62. The van der Waals surface area contributed by atoms with Crippen molar-refractivity contribution in [3.63, 3.8) is 0 Å². The maximum Gasteiger partial charge on any atom is 0.234 e. The van der Waals surface area contributed by atoms with Crippen molar-refractivity contribution in [1.82, 2.24) is 10.3 Å². The van der Waals surface area contributed by atoms with Crippen molar-refractivity contribution in [2.45, 2.75) is 6.92 Å². The fourth-order valence-corrected chi connectivity index (χ4v) is 2.49. The summed E-state index contributed by atoms with van der Waals surface area (Å²) < 4.78 is 0. The first kappa shape index (κ1) is 10.9. The minimum absolute atomic E-state index is 0.00652. The molecule has 1 aliphatic heterocycles. The van der Waals surface area contributed by atoms with E-state index >= 15 is 0 Å². The Morgan fingerprint density at radius 2 is 2.38 bits per heavy atom. The van der Waals surface area contributed by atoms with Crippen LogP contribution in [0, 0.1) is 0 Å². The molecule has 0 aliphatic carbocycles. The molecule has 1 amide bonds. The minimum atomic E-state index is -0.00652. The number of hydrogen-bond acceptors (Lipinski definition) is 4. The largest absolute Gasteiger partial charge is 0.328 e. The van der Waals surface area contributed by atoms with Crippen LogP contribution in [-0.4, -0.2) is 22.9 Å². The molecule has 0 unspecified atom stereocenters. The van der Waals surface area contributed by atoms with Gasteiger partial charge in [0.2, 0.25) is 5.91 Å². The Kier molecular flexibility index (Phi) is 3.05. The van der Waals surface area contributed by atoms with Gasteiger partial charge in [-0.15, -0.1) is 11.8 Å². The molecule has 0 aromatic carbocycles. The lowest BCUT2D eigenvalue weighted by Crippen LogP contribution is -2.27. The van der Waals surface area contributed by atoms with Crippen molar-refractivity contribution in [2.24, 2.45) is 0 Å². The van der Waals surface area contributed by atoms with Crippen molar-refractivity contribution in [1.29, 1.82) is 0 Å². The summed E-state index contributed by atoms with van der Waals surface area (Å²) >= 11 is 1.44. The highest BCUT2D eigenvalue weighted by Gasteiger charge is 2.18. The van der Waals surface area contributed by atoms with Crippen LogP contribution in [0.2, 0.25) is 0 Å². The average Bonchev–Trinajstić information content (AvgIpc) is 2.29. The third-order valence-corrected chi connectivity index (χ3v) is 3.46. The average molecular weight is 234 g/mol. The lowest BCUT2D eigenvalue weighted by molar-refractivity contribution is -0.117. The Labute approximate surface area is 97.1 Å². The van der Waals surface area contributed by atoms with E-state index in [4.69, 9.17) is 0 Å². The van der Waals surface area contributed by atoms with Crippen LogP contribution in [0.5, 0.6) is 0 Å². The van der Waals surface area contributed by atoms with E-state index in [1.165, 1.54) is 18.0 Å². The topological polar surface area (TPSA) is 59.1 Å². The van der Waals surface area contributed by atoms with Gasteiger partial charge in [0.1, 0.15) is 0 Å². The quantitative estimate of drug-likeness (QED) is 0.787. The third-order valence-electron chi connectivity index (χ3n) is 2.24. The molecular weight excluding hydrogens is 224 g/mol. The minimum Gasteiger partial charge on any atom is -0.328 e. The normalized spacial score (nSPS) is 15.9. The van der Waals surface area contributed by atoms with Crippen molar-refractivity contribution in [3.8, 4) is 0 Å². The van der Waals surface area contributed by atoms with E-state index in [9.17, 15) is 9.59 Å². The zero-order chi connectivity index (χ0) is 11.5. The van der Waals surface area contributed by atoms with Crippen LogP contribution >= 0.6 is 11.8 Å². The highest BCUT2D eigenvalue weighted by molar-refractivity contribution is 8.09. The predicted molar refractivity (Wildman–Crippen MR) is 62.8 cm³/mol. The number of nitrogens with zero attached hydrogens (tertiary/aromatic N) is 1. The maximum atomic E-state index is 11.2. The van der Waals surface area contributed by atoms with Crippen molar-refractivity contribution in [2.75, 3.05) is 5.75 Å². The van der Waals surface area contributed by atoms with Crippen LogP contribution in [0.15, 0.2) is 24.2 Å². The summed E-state index contributed by atoms with van der Waals surface area (Å²) in [6.45, 7) is 1.83. The number of hydrogen-bond donors (Lipinski definition) is 1. The van der Waals surface area contributed by atoms with Gasteiger partial charge in [-0.25, -0.2) is 0 Å². The number of nitrogens with one attached hydrogen (secondary N) is 1. The molecule has 82 valence electrons. The SMILES string of the molecule is CC1=C(c2ccncc2C=O)SCC(=O)N1. The standard InChI is InChI=1S/C11H10N2O2S/c1-7-11(16-6-10(15)13-7)9-2-3-12-4-8(9)5-14/h2-5H,6H2,1H3,(H,13,15). The van der Waals surface area contributed by atoms with E-state index in [2.05, 4.69) is 10.3 Å². The number of pyridine rings is 1. The van der Waals surface area contributed by atoms with E-state index < -0.39 is 0 Å². The number of aromatic nitrogens is 1. The molecule has 4 nitrogen and oxygen atoms in total. The number of rotatable bonds is 2. The summed E-state index contributed by atoms with van der Waals surface area (Å²) in [7, 11) is 0. The van der Waals surface area contributed by atoms with E-state index in [1.807, 2.05) is 6.92 Å². The van der Waals surface area contributed by atoms with Gasteiger partial charge in [0, 0.05) is 34.1 Å². The molecule has 1 aromatic rings. The predicted octanol–water partition coefficient (Wildman–Crippen LogP) is 1.45. The number of amides is 1.